The molecule has 3 atom stereocenters. The Hall–Kier alpha value is -1.37. The molecule has 100 valence electrons. The lowest BCUT2D eigenvalue weighted by Crippen LogP contribution is -2.10. The fourth-order valence-electron chi connectivity index (χ4n) is 1.56. The molecule has 0 heterocycles. The number of hydrogen-bond acceptors (Lipinski definition) is 1. The van der Waals surface area contributed by atoms with Gasteiger partial charge in [-0.1, -0.05) is 50.3 Å². The number of carbonyl (C=O) groups excluding carboxylic acids is 1. The molecule has 0 aliphatic carbocycles. The van der Waals surface area contributed by atoms with Gasteiger partial charge in [0.2, 0.25) is 0 Å². The molecule has 0 radical (unpaired) electrons. The zero-order valence-electron chi connectivity index (χ0n) is 12.1. The lowest BCUT2D eigenvalue weighted by molar-refractivity contribution is -0.116. The number of rotatable bonds is 8. The standard InChI is InChI=1S/C17H26O/c1-6-9-11-16(10-7-2)17(18)13-12-15(5)14(4)8-3/h6-10,12-16H,3,11H2,1-2,4-5H3/b9-6+,10-7+,13-12+/t14-,15+,16?/m1/s1. The Labute approximate surface area is 112 Å². The lowest BCUT2D eigenvalue weighted by atomic mass is 9.93. The monoisotopic (exact) mass is 246 g/mol. The van der Waals surface area contributed by atoms with E-state index in [4.69, 9.17) is 0 Å². The highest BCUT2D eigenvalue weighted by Gasteiger charge is 2.11. The third-order valence-electron chi connectivity index (χ3n) is 3.18. The quantitative estimate of drug-likeness (QED) is 0.447. The van der Waals surface area contributed by atoms with Gasteiger partial charge < -0.3 is 0 Å². The zero-order chi connectivity index (χ0) is 14.0. The fourth-order valence-corrected chi connectivity index (χ4v) is 1.56. The summed E-state index contributed by atoms with van der Waals surface area (Å²) in [5, 5.41) is 0. The minimum Gasteiger partial charge on any atom is -0.294 e. The Balaban J connectivity index is 4.59. The molecule has 0 N–H and O–H groups in total. The molecule has 0 aliphatic rings. The Morgan fingerprint density at radius 3 is 2.28 bits per heavy atom. The van der Waals surface area contributed by atoms with Crippen molar-refractivity contribution in [2.45, 2.75) is 34.1 Å². The van der Waals surface area contributed by atoms with Crippen LogP contribution >= 0.6 is 0 Å². The number of carbonyl (C=O) groups is 1. The molecule has 1 nitrogen and oxygen atoms in total. The molecule has 0 amide bonds. The van der Waals surface area contributed by atoms with Crippen molar-refractivity contribution in [3.63, 3.8) is 0 Å². The Kier molecular flexibility index (Phi) is 8.91. The summed E-state index contributed by atoms with van der Waals surface area (Å²) in [5.74, 6) is 0.882. The van der Waals surface area contributed by atoms with Crippen LogP contribution in [-0.4, -0.2) is 5.78 Å². The van der Waals surface area contributed by atoms with Gasteiger partial charge in [-0.15, -0.1) is 6.58 Å². The first-order valence-electron chi connectivity index (χ1n) is 6.65. The summed E-state index contributed by atoms with van der Waals surface area (Å²) in [6.07, 6.45) is 14.3. The molecule has 18 heavy (non-hydrogen) atoms. The second-order valence-corrected chi connectivity index (χ2v) is 4.65. The van der Waals surface area contributed by atoms with Gasteiger partial charge in [0.15, 0.2) is 5.78 Å². The number of hydrogen-bond donors (Lipinski definition) is 0. The first kappa shape index (κ1) is 16.6. The van der Waals surface area contributed by atoms with Crippen LogP contribution in [0.1, 0.15) is 34.1 Å². The van der Waals surface area contributed by atoms with Crippen molar-refractivity contribution >= 4 is 5.78 Å². The van der Waals surface area contributed by atoms with E-state index in [1.165, 1.54) is 0 Å². The Morgan fingerprint density at radius 1 is 1.11 bits per heavy atom. The maximum atomic E-state index is 12.1. The van der Waals surface area contributed by atoms with E-state index in [1.807, 2.05) is 50.3 Å². The molecular weight excluding hydrogens is 220 g/mol. The predicted molar refractivity (Wildman–Crippen MR) is 80.4 cm³/mol. The van der Waals surface area contributed by atoms with E-state index in [1.54, 1.807) is 6.08 Å². The van der Waals surface area contributed by atoms with Gasteiger partial charge in [0, 0.05) is 5.92 Å². The third kappa shape index (κ3) is 6.39. The molecular formula is C17H26O. The van der Waals surface area contributed by atoms with Crippen LogP contribution in [0, 0.1) is 17.8 Å². The van der Waals surface area contributed by atoms with Crippen molar-refractivity contribution in [1.29, 1.82) is 0 Å². The van der Waals surface area contributed by atoms with Crippen LogP contribution in [0.3, 0.4) is 0 Å². The SMILES string of the molecule is C=C[C@@H](C)[C@@H](C)/C=C/C(=O)C(/C=C/C)C/C=C/C. The average Bonchev–Trinajstić information content (AvgIpc) is 2.39. The topological polar surface area (TPSA) is 17.1 Å². The van der Waals surface area contributed by atoms with E-state index in [9.17, 15) is 4.79 Å². The molecule has 1 heteroatoms. The Bertz CT molecular complexity index is 334. The summed E-state index contributed by atoms with van der Waals surface area (Å²) in [4.78, 5) is 12.1. The van der Waals surface area contributed by atoms with Gasteiger partial charge in [0.1, 0.15) is 0 Å². The number of allylic oxidation sites excluding steroid dienone is 7. The second kappa shape index (κ2) is 9.64. The first-order chi connectivity index (χ1) is 8.56. The molecule has 0 aromatic carbocycles. The van der Waals surface area contributed by atoms with Crippen LogP contribution in [0.15, 0.2) is 49.1 Å². The van der Waals surface area contributed by atoms with Gasteiger partial charge in [0.05, 0.1) is 0 Å². The van der Waals surface area contributed by atoms with E-state index >= 15 is 0 Å². The van der Waals surface area contributed by atoms with Crippen molar-refractivity contribution < 1.29 is 4.79 Å². The van der Waals surface area contributed by atoms with Crippen molar-refractivity contribution in [3.05, 3.63) is 49.1 Å². The van der Waals surface area contributed by atoms with E-state index in [2.05, 4.69) is 20.4 Å². The van der Waals surface area contributed by atoms with Crippen LogP contribution in [0.2, 0.25) is 0 Å². The van der Waals surface area contributed by atoms with Gasteiger partial charge in [-0.2, -0.15) is 0 Å². The summed E-state index contributed by atoms with van der Waals surface area (Å²) in [7, 11) is 0. The average molecular weight is 246 g/mol. The van der Waals surface area contributed by atoms with E-state index in [-0.39, 0.29) is 11.7 Å². The molecule has 0 aromatic rings. The van der Waals surface area contributed by atoms with Gasteiger partial charge in [0.25, 0.3) is 0 Å². The van der Waals surface area contributed by atoms with Crippen molar-refractivity contribution in [1.82, 2.24) is 0 Å². The summed E-state index contributed by atoms with van der Waals surface area (Å²) >= 11 is 0. The van der Waals surface area contributed by atoms with E-state index in [0.29, 0.717) is 11.8 Å². The van der Waals surface area contributed by atoms with Gasteiger partial charge in [-0.3, -0.25) is 4.79 Å². The zero-order valence-corrected chi connectivity index (χ0v) is 12.1. The summed E-state index contributed by atoms with van der Waals surface area (Å²) in [6.45, 7) is 11.9. The number of ketones is 1. The van der Waals surface area contributed by atoms with Crippen LogP contribution in [-0.2, 0) is 4.79 Å². The second-order valence-electron chi connectivity index (χ2n) is 4.65. The maximum absolute atomic E-state index is 12.1. The van der Waals surface area contributed by atoms with Gasteiger partial charge in [-0.25, -0.2) is 0 Å². The van der Waals surface area contributed by atoms with Crippen molar-refractivity contribution in [2.24, 2.45) is 17.8 Å². The highest BCUT2D eigenvalue weighted by Crippen LogP contribution is 2.15. The minimum atomic E-state index is -0.0336. The Morgan fingerprint density at radius 2 is 1.78 bits per heavy atom. The van der Waals surface area contributed by atoms with Crippen molar-refractivity contribution in [3.8, 4) is 0 Å². The first-order valence-corrected chi connectivity index (χ1v) is 6.65. The minimum absolute atomic E-state index is 0.0336. The lowest BCUT2D eigenvalue weighted by Gasteiger charge is -2.11. The highest BCUT2D eigenvalue weighted by molar-refractivity contribution is 5.93. The van der Waals surface area contributed by atoms with Gasteiger partial charge >= 0.3 is 0 Å². The molecule has 0 bridgehead atoms. The largest absolute Gasteiger partial charge is 0.294 e. The van der Waals surface area contributed by atoms with Crippen LogP contribution in [0.5, 0.6) is 0 Å². The van der Waals surface area contributed by atoms with E-state index < -0.39 is 0 Å². The molecule has 0 spiro atoms. The fraction of sp³-hybridized carbons (Fsp3) is 0.471. The molecule has 0 aromatic heterocycles. The highest BCUT2D eigenvalue weighted by atomic mass is 16.1. The van der Waals surface area contributed by atoms with Crippen LogP contribution in [0.25, 0.3) is 0 Å². The maximum Gasteiger partial charge on any atom is 0.162 e. The molecule has 0 fully saturated rings. The van der Waals surface area contributed by atoms with Crippen LogP contribution < -0.4 is 0 Å². The molecule has 0 aliphatic heterocycles. The molecule has 0 rings (SSSR count). The van der Waals surface area contributed by atoms with Crippen LogP contribution in [0.4, 0.5) is 0 Å². The molecule has 1 unspecified atom stereocenters. The smallest absolute Gasteiger partial charge is 0.162 e. The van der Waals surface area contributed by atoms with Crippen molar-refractivity contribution in [2.75, 3.05) is 0 Å². The summed E-state index contributed by atoms with van der Waals surface area (Å²) in [5.41, 5.74) is 0. The molecule has 0 saturated heterocycles. The third-order valence-corrected chi connectivity index (χ3v) is 3.18. The van der Waals surface area contributed by atoms with E-state index in [0.717, 1.165) is 6.42 Å². The van der Waals surface area contributed by atoms with Gasteiger partial charge in [-0.05, 0) is 38.2 Å². The molecule has 0 saturated carbocycles. The summed E-state index contributed by atoms with van der Waals surface area (Å²) < 4.78 is 0. The normalized spacial score (nSPS) is 17.3. The summed E-state index contributed by atoms with van der Waals surface area (Å²) in [6, 6.07) is 0. The predicted octanol–water partition coefficient (Wildman–Crippen LogP) is 4.73.